The Morgan fingerprint density at radius 3 is 0.711 bits per heavy atom. The van der Waals surface area contributed by atoms with Gasteiger partial charge in [-0.2, -0.15) is 21.5 Å². The minimum atomic E-state index is -4.43. The maximum Gasteiger partial charge on any atom is 0.243 e. The van der Waals surface area contributed by atoms with Gasteiger partial charge in [-0.05, 0) is 127 Å². The standard InChI is InChI=1S/C58H75N7O12S6/c1-47-9-21-53(22-10-47)78(66,67)59-33-38-60-39-41-64(82(74,75)57-29-17-51(5)18-30-57)45-43-62(80(70,71)55-25-13-49(3)14-26-55)36-7-34-61(79(68,69)54-23-11-48(2)12-24-54)35-8-37-63(81(72,73)56-27-15-50(4)16-28-56)44-46-65(42-40-60)83(76,77)58-31-19-52(6)20-32-58/h9-32,59H,7-8,33-46H2,1-6H3. The Balaban J connectivity index is 1.34. The molecule has 0 amide bonds. The number of nitrogens with zero attached hydrogens (tertiary/aromatic N) is 6. The Morgan fingerprint density at radius 2 is 0.470 bits per heavy atom. The molecule has 0 aromatic heterocycles. The van der Waals surface area contributed by atoms with Crippen LogP contribution in [0.3, 0.4) is 0 Å². The van der Waals surface area contributed by atoms with Crippen molar-refractivity contribution < 1.29 is 50.5 Å². The highest BCUT2D eigenvalue weighted by molar-refractivity contribution is 7.90. The number of hydrogen-bond acceptors (Lipinski definition) is 13. The van der Waals surface area contributed by atoms with Crippen molar-refractivity contribution in [1.82, 2.24) is 31.1 Å². The molecule has 1 N–H and O–H groups in total. The summed E-state index contributed by atoms with van der Waals surface area (Å²) < 4.78 is 184. The second-order valence-electron chi connectivity index (χ2n) is 20.8. The molecule has 0 spiro atoms. The number of benzene rings is 6. The first-order valence-corrected chi connectivity index (χ1v) is 35.9. The zero-order valence-corrected chi connectivity index (χ0v) is 52.6. The van der Waals surface area contributed by atoms with Gasteiger partial charge in [-0.3, -0.25) is 4.90 Å². The lowest BCUT2D eigenvalue weighted by Gasteiger charge is -2.32. The van der Waals surface area contributed by atoms with Crippen molar-refractivity contribution in [1.29, 1.82) is 0 Å². The molecule has 0 saturated carbocycles. The number of rotatable bonds is 15. The van der Waals surface area contributed by atoms with Gasteiger partial charge in [0.2, 0.25) is 60.1 Å². The van der Waals surface area contributed by atoms with Crippen LogP contribution in [0.15, 0.2) is 175 Å². The smallest absolute Gasteiger partial charge is 0.243 e. The van der Waals surface area contributed by atoms with Crippen LogP contribution in [0.4, 0.5) is 0 Å². The van der Waals surface area contributed by atoms with E-state index in [2.05, 4.69) is 4.72 Å². The van der Waals surface area contributed by atoms with E-state index in [-0.39, 0.29) is 121 Å². The van der Waals surface area contributed by atoms with Crippen LogP contribution < -0.4 is 4.72 Å². The number of hydrogen-bond donors (Lipinski definition) is 1. The fourth-order valence-corrected chi connectivity index (χ4v) is 17.7. The van der Waals surface area contributed by atoms with Gasteiger partial charge in [0.1, 0.15) is 0 Å². The van der Waals surface area contributed by atoms with Crippen molar-refractivity contribution in [2.75, 3.05) is 91.6 Å². The maximum absolute atomic E-state index is 14.9. The molecule has 1 aliphatic heterocycles. The molecule has 1 aliphatic rings. The van der Waals surface area contributed by atoms with Crippen LogP contribution >= 0.6 is 0 Å². The average molecular weight is 1250 g/mol. The van der Waals surface area contributed by atoms with Crippen LogP contribution in [0.1, 0.15) is 46.2 Å². The summed E-state index contributed by atoms with van der Waals surface area (Å²) >= 11 is 0. The Morgan fingerprint density at radius 1 is 0.277 bits per heavy atom. The molecule has 1 saturated heterocycles. The van der Waals surface area contributed by atoms with Crippen LogP contribution in [-0.2, 0) is 60.1 Å². The Kier molecular flexibility index (Phi) is 21.9. The van der Waals surface area contributed by atoms with E-state index in [0.717, 1.165) is 50.6 Å². The van der Waals surface area contributed by atoms with Crippen LogP contribution in [0.2, 0.25) is 0 Å². The van der Waals surface area contributed by atoms with E-state index < -0.39 is 73.2 Å². The van der Waals surface area contributed by atoms with E-state index in [1.807, 2.05) is 6.92 Å². The van der Waals surface area contributed by atoms with Gasteiger partial charge in [0.05, 0.1) is 29.4 Å². The zero-order valence-electron chi connectivity index (χ0n) is 47.7. The molecule has 6 aromatic rings. The average Bonchev–Trinajstić information content (AvgIpc) is 3.45. The van der Waals surface area contributed by atoms with E-state index in [1.165, 1.54) is 77.1 Å². The highest BCUT2D eigenvalue weighted by Gasteiger charge is 2.34. The zero-order chi connectivity index (χ0) is 60.4. The molecule has 83 heavy (non-hydrogen) atoms. The molecule has 6 aromatic carbocycles. The Bertz CT molecular complexity index is 3660. The van der Waals surface area contributed by atoms with E-state index in [0.29, 0.717) is 0 Å². The molecule has 25 heteroatoms. The van der Waals surface area contributed by atoms with Gasteiger partial charge in [0.15, 0.2) is 0 Å². The summed E-state index contributed by atoms with van der Waals surface area (Å²) in [5.41, 5.74) is 4.78. The predicted octanol–water partition coefficient (Wildman–Crippen LogP) is 6.37. The fourth-order valence-electron chi connectivity index (χ4n) is 9.33. The molecule has 0 unspecified atom stereocenters. The van der Waals surface area contributed by atoms with E-state index in [9.17, 15) is 50.5 Å². The molecule has 1 fully saturated rings. The van der Waals surface area contributed by atoms with Crippen molar-refractivity contribution in [3.8, 4) is 0 Å². The van der Waals surface area contributed by atoms with Gasteiger partial charge in [-0.15, -0.1) is 0 Å². The summed E-state index contributed by atoms with van der Waals surface area (Å²) in [5, 5.41) is 0. The summed E-state index contributed by atoms with van der Waals surface area (Å²) in [6.07, 6.45) is -0.158. The van der Waals surface area contributed by atoms with Crippen LogP contribution in [0.25, 0.3) is 0 Å². The lowest BCUT2D eigenvalue weighted by Crippen LogP contribution is -2.48. The number of nitrogens with one attached hydrogen (secondary N) is 1. The van der Waals surface area contributed by atoms with Crippen LogP contribution in [0.5, 0.6) is 0 Å². The van der Waals surface area contributed by atoms with Crippen molar-refractivity contribution in [2.45, 2.75) is 83.8 Å². The SMILES string of the molecule is Cc1ccc(S(=O)(=O)NCCN2CCN(S(=O)(=O)c3ccc(C)cc3)CCN(S(=O)(=O)c3ccc(C)cc3)CCCN(S(=O)(=O)c3ccc(C)cc3)CCCN(S(=O)(=O)c3ccc(C)cc3)CCN(S(=O)(=O)c3ccc(C)cc3)CC2)cc1. The monoisotopic (exact) mass is 1250 g/mol. The second-order valence-corrected chi connectivity index (χ2v) is 32.3. The van der Waals surface area contributed by atoms with Crippen LogP contribution in [0, 0.1) is 41.5 Å². The molecule has 1 heterocycles. The molecule has 450 valence electrons. The topological polar surface area (TPSA) is 236 Å². The molecule has 0 bridgehead atoms. The Hall–Kier alpha value is -5.26. The minimum absolute atomic E-state index is 0.0101. The lowest BCUT2D eigenvalue weighted by atomic mass is 10.2. The van der Waals surface area contributed by atoms with Crippen molar-refractivity contribution in [3.63, 3.8) is 0 Å². The fraction of sp³-hybridized carbons (Fsp3) is 0.379. The van der Waals surface area contributed by atoms with Gasteiger partial charge in [-0.25, -0.2) is 55.2 Å². The van der Waals surface area contributed by atoms with Crippen molar-refractivity contribution >= 4 is 60.1 Å². The maximum atomic E-state index is 14.9. The third kappa shape index (κ3) is 16.8. The van der Waals surface area contributed by atoms with Gasteiger partial charge >= 0.3 is 0 Å². The van der Waals surface area contributed by atoms with Crippen LogP contribution in [-0.4, -0.2) is 169 Å². The van der Waals surface area contributed by atoms with Gasteiger partial charge in [-0.1, -0.05) is 106 Å². The molecule has 0 aliphatic carbocycles. The molecule has 0 radical (unpaired) electrons. The van der Waals surface area contributed by atoms with Crippen molar-refractivity contribution in [3.05, 3.63) is 179 Å². The highest BCUT2D eigenvalue weighted by Crippen LogP contribution is 2.25. The minimum Gasteiger partial charge on any atom is -0.299 e. The van der Waals surface area contributed by atoms with E-state index >= 15 is 0 Å². The first-order valence-electron chi connectivity index (χ1n) is 27.2. The molecule has 7 rings (SSSR count). The summed E-state index contributed by atoms with van der Waals surface area (Å²) in [7, 11) is -26.0. The van der Waals surface area contributed by atoms with Gasteiger partial charge in [0, 0.05) is 91.6 Å². The Labute approximate surface area is 492 Å². The first kappa shape index (κ1) is 65.3. The summed E-state index contributed by atoms with van der Waals surface area (Å²) in [6.45, 7) is 7.15. The number of sulfonamides is 6. The molecular weight excluding hydrogens is 1180 g/mol. The normalized spacial score (nSPS) is 17.3. The van der Waals surface area contributed by atoms with Gasteiger partial charge in [0.25, 0.3) is 0 Å². The summed E-state index contributed by atoms with van der Waals surface area (Å²) in [5.74, 6) is 0. The summed E-state index contributed by atoms with van der Waals surface area (Å²) in [4.78, 5) is 1.35. The third-order valence-electron chi connectivity index (χ3n) is 14.5. The molecule has 19 nitrogen and oxygen atoms in total. The highest BCUT2D eigenvalue weighted by atomic mass is 32.2. The molecule has 0 atom stereocenters. The molecular formula is C58H75N7O12S6. The largest absolute Gasteiger partial charge is 0.299 e. The van der Waals surface area contributed by atoms with E-state index in [4.69, 9.17) is 0 Å². The first-order chi connectivity index (χ1) is 39.1. The van der Waals surface area contributed by atoms with Crippen molar-refractivity contribution in [2.24, 2.45) is 0 Å². The predicted molar refractivity (Wildman–Crippen MR) is 322 cm³/mol. The third-order valence-corrected chi connectivity index (χ3v) is 25.5. The van der Waals surface area contributed by atoms with Gasteiger partial charge < -0.3 is 0 Å². The lowest BCUT2D eigenvalue weighted by molar-refractivity contribution is 0.226. The summed E-state index contributed by atoms with van der Waals surface area (Å²) in [6, 6.07) is 37.1. The number of aryl methyl sites for hydroxylation is 6. The quantitative estimate of drug-likeness (QED) is 0.118. The van der Waals surface area contributed by atoms with E-state index in [1.54, 1.807) is 112 Å². The second kappa shape index (κ2) is 27.8.